The summed E-state index contributed by atoms with van der Waals surface area (Å²) in [6.07, 6.45) is 0. The van der Waals surface area contributed by atoms with Crippen LogP contribution in [0, 0.1) is 21.6 Å². The van der Waals surface area contributed by atoms with E-state index in [-0.39, 0.29) is 30.5 Å². The summed E-state index contributed by atoms with van der Waals surface area (Å²) in [7, 11) is 3.12. The minimum Gasteiger partial charge on any atom is -0.359 e. The van der Waals surface area contributed by atoms with Crippen molar-refractivity contribution in [2.24, 2.45) is 0 Å². The van der Waals surface area contributed by atoms with Gasteiger partial charge in [-0.3, -0.25) is 32.3 Å². The average Bonchev–Trinajstić information content (AvgIpc) is 2.28. The van der Waals surface area contributed by atoms with Crippen LogP contribution in [0.1, 0.15) is 0 Å². The van der Waals surface area contributed by atoms with E-state index in [1.807, 2.05) is 0 Å². The summed E-state index contributed by atoms with van der Waals surface area (Å²) < 4.78 is 0. The van der Waals surface area contributed by atoms with E-state index in [0.717, 1.165) is 0 Å². The molecule has 0 aliphatic rings. The van der Waals surface area contributed by atoms with Crippen LogP contribution in [0.2, 0.25) is 0 Å². The molecule has 0 saturated carbocycles. The third kappa shape index (κ3) is 7.41. The first-order chi connectivity index (χ1) is 7.99. The summed E-state index contributed by atoms with van der Waals surface area (Å²) in [6, 6.07) is 0. The van der Waals surface area contributed by atoms with Crippen molar-refractivity contribution < 1.29 is 0 Å². The predicted octanol–water partition coefficient (Wildman–Crippen LogP) is -2.52. The van der Waals surface area contributed by atoms with Gasteiger partial charge >= 0.3 is 0 Å². The van der Waals surface area contributed by atoms with E-state index in [0.29, 0.717) is 0 Å². The molecule has 0 aliphatic heterocycles. The number of hydrogen-bond donors (Lipinski definition) is 10. The van der Waals surface area contributed by atoms with Crippen LogP contribution >= 0.6 is 0 Å². The van der Waals surface area contributed by atoms with Gasteiger partial charge in [-0.15, -0.1) is 0 Å². The molecule has 0 atom stereocenters. The van der Waals surface area contributed by atoms with Crippen molar-refractivity contribution in [1.29, 1.82) is 21.6 Å². The van der Waals surface area contributed by atoms with Gasteiger partial charge in [-0.2, -0.15) is 0 Å². The Morgan fingerprint density at radius 3 is 1.35 bits per heavy atom. The van der Waals surface area contributed by atoms with E-state index in [9.17, 15) is 0 Å². The van der Waals surface area contributed by atoms with E-state index in [2.05, 4.69) is 31.9 Å². The van der Waals surface area contributed by atoms with Crippen LogP contribution < -0.4 is 31.9 Å². The summed E-state index contributed by atoms with van der Waals surface area (Å²) in [5.41, 5.74) is 0. The molecule has 0 aromatic heterocycles. The average molecular weight is 242 g/mol. The van der Waals surface area contributed by atoms with Crippen molar-refractivity contribution in [3.05, 3.63) is 0 Å². The second kappa shape index (κ2) is 7.73. The monoisotopic (exact) mass is 242 g/mol. The normalized spacial score (nSPS) is 8.59. The number of rotatable bonds is 2. The molecule has 0 unspecified atom stereocenters. The maximum absolute atomic E-state index is 7.36. The van der Waals surface area contributed by atoms with E-state index < -0.39 is 0 Å². The van der Waals surface area contributed by atoms with Crippen LogP contribution in [0.5, 0.6) is 0 Å². The van der Waals surface area contributed by atoms with Crippen LogP contribution in [0.3, 0.4) is 0 Å². The van der Waals surface area contributed by atoms with Crippen LogP contribution in [-0.2, 0) is 0 Å². The summed E-state index contributed by atoms with van der Waals surface area (Å²) in [5.74, 6) is -0.165. The Morgan fingerprint density at radius 2 is 1.06 bits per heavy atom. The first kappa shape index (κ1) is 14.5. The van der Waals surface area contributed by atoms with Crippen molar-refractivity contribution in [3.63, 3.8) is 0 Å². The quantitative estimate of drug-likeness (QED) is 0.146. The molecular formula is C7H18N10. The van der Waals surface area contributed by atoms with Crippen LogP contribution in [-0.4, -0.2) is 44.6 Å². The molecule has 0 fully saturated rings. The van der Waals surface area contributed by atoms with Gasteiger partial charge in [-0.25, -0.2) is 0 Å². The van der Waals surface area contributed by atoms with E-state index >= 15 is 0 Å². The molecule has 0 aromatic carbocycles. The van der Waals surface area contributed by atoms with Crippen LogP contribution in [0.4, 0.5) is 0 Å². The van der Waals surface area contributed by atoms with Crippen molar-refractivity contribution >= 4 is 23.8 Å². The molecule has 10 heteroatoms. The second-order valence-electron chi connectivity index (χ2n) is 2.78. The highest BCUT2D eigenvalue weighted by Gasteiger charge is 1.99. The van der Waals surface area contributed by atoms with Crippen molar-refractivity contribution in [3.8, 4) is 0 Å². The van der Waals surface area contributed by atoms with Crippen molar-refractivity contribution in [2.75, 3.05) is 20.8 Å². The zero-order valence-corrected chi connectivity index (χ0v) is 9.71. The lowest BCUT2D eigenvalue weighted by molar-refractivity contribution is 0.788. The summed E-state index contributed by atoms with van der Waals surface area (Å²) in [5, 5.41) is 44.1. The van der Waals surface area contributed by atoms with Crippen molar-refractivity contribution in [1.82, 2.24) is 31.9 Å². The molecule has 17 heavy (non-hydrogen) atoms. The smallest absolute Gasteiger partial charge is 0.196 e. The van der Waals surface area contributed by atoms with Gasteiger partial charge in [0, 0.05) is 14.1 Å². The van der Waals surface area contributed by atoms with Crippen LogP contribution in [0.25, 0.3) is 0 Å². The zero-order valence-electron chi connectivity index (χ0n) is 9.71. The highest BCUT2D eigenvalue weighted by molar-refractivity contribution is 5.97. The van der Waals surface area contributed by atoms with Crippen molar-refractivity contribution in [2.45, 2.75) is 0 Å². The van der Waals surface area contributed by atoms with Gasteiger partial charge in [0.05, 0.1) is 6.67 Å². The molecule has 0 aromatic rings. The number of hydrogen-bond acceptors (Lipinski definition) is 4. The van der Waals surface area contributed by atoms with E-state index in [4.69, 9.17) is 21.6 Å². The fourth-order valence-corrected chi connectivity index (χ4v) is 0.684. The topological polar surface area (TPSA) is 168 Å². The van der Waals surface area contributed by atoms with Gasteiger partial charge in [0.2, 0.25) is 0 Å². The maximum atomic E-state index is 7.36. The second-order valence-corrected chi connectivity index (χ2v) is 2.78. The SMILES string of the molecule is CNC(=N)NC(=N)NCNC(=N)NC(=N)NC. The Morgan fingerprint density at radius 1 is 0.706 bits per heavy atom. The molecule has 0 bridgehead atoms. The lowest BCUT2D eigenvalue weighted by Gasteiger charge is -2.13. The lowest BCUT2D eigenvalue weighted by atomic mass is 10.7. The highest BCUT2D eigenvalue weighted by atomic mass is 15.3. The first-order valence-corrected chi connectivity index (χ1v) is 4.71. The summed E-state index contributed by atoms with van der Waals surface area (Å²) in [4.78, 5) is 0. The van der Waals surface area contributed by atoms with Gasteiger partial charge in [0.25, 0.3) is 0 Å². The Balaban J connectivity index is 3.69. The highest BCUT2D eigenvalue weighted by Crippen LogP contribution is 1.63. The van der Waals surface area contributed by atoms with E-state index in [1.54, 1.807) is 14.1 Å². The molecule has 0 saturated heterocycles. The Hall–Kier alpha value is -2.52. The Bertz CT molecular complexity index is 278. The molecular weight excluding hydrogens is 224 g/mol. The summed E-state index contributed by atoms with van der Waals surface area (Å²) >= 11 is 0. The molecule has 0 radical (unpaired) electrons. The van der Waals surface area contributed by atoms with Gasteiger partial charge in [-0.05, 0) is 0 Å². The third-order valence-electron chi connectivity index (χ3n) is 1.53. The molecule has 96 valence electrons. The number of guanidine groups is 4. The van der Waals surface area contributed by atoms with Gasteiger partial charge < -0.3 is 21.3 Å². The predicted molar refractivity (Wildman–Crippen MR) is 66.4 cm³/mol. The van der Waals surface area contributed by atoms with Gasteiger partial charge in [-0.1, -0.05) is 0 Å². The van der Waals surface area contributed by atoms with Gasteiger partial charge in [0.1, 0.15) is 0 Å². The standard InChI is InChI=1S/C7H18N10/c1-12-4(8)16-6(10)14-3-15-7(11)17-5(9)13-2/h3H2,1-2H3,(H5,8,10,12,14,16)(H5,9,11,13,15,17). The fourth-order valence-electron chi connectivity index (χ4n) is 0.684. The largest absolute Gasteiger partial charge is 0.359 e. The number of nitrogens with one attached hydrogen (secondary N) is 10. The Labute approximate surface area is 99.0 Å². The lowest BCUT2D eigenvalue weighted by Crippen LogP contribution is -2.51. The Kier molecular flexibility index (Phi) is 6.58. The fraction of sp³-hybridized carbons (Fsp3) is 0.429. The minimum absolute atomic E-state index is 0.00679. The maximum Gasteiger partial charge on any atom is 0.196 e. The molecule has 0 amide bonds. The van der Waals surface area contributed by atoms with E-state index in [1.165, 1.54) is 0 Å². The third-order valence-corrected chi connectivity index (χ3v) is 1.53. The molecule has 0 spiro atoms. The zero-order chi connectivity index (χ0) is 13.3. The molecule has 0 aliphatic carbocycles. The van der Waals surface area contributed by atoms with Gasteiger partial charge in [0.15, 0.2) is 23.8 Å². The summed E-state index contributed by atoms with van der Waals surface area (Å²) in [6.45, 7) is 0.117. The molecule has 0 heterocycles. The molecule has 0 rings (SSSR count). The molecule has 10 nitrogen and oxygen atoms in total. The first-order valence-electron chi connectivity index (χ1n) is 4.71. The van der Waals surface area contributed by atoms with Crippen LogP contribution in [0.15, 0.2) is 0 Å². The minimum atomic E-state index is -0.0756. The molecule has 10 N–H and O–H groups in total.